The second-order valence-electron chi connectivity index (χ2n) is 6.87. The zero-order valence-electron chi connectivity index (χ0n) is 14.2. The van der Waals surface area contributed by atoms with E-state index in [0.29, 0.717) is 6.04 Å². The molecule has 1 aliphatic carbocycles. The van der Waals surface area contributed by atoms with Gasteiger partial charge in [-0.25, -0.2) is 0 Å². The van der Waals surface area contributed by atoms with Crippen LogP contribution in [0.15, 0.2) is 4.99 Å². The molecule has 1 saturated heterocycles. The number of guanidine groups is 1. The summed E-state index contributed by atoms with van der Waals surface area (Å²) < 4.78 is 0. The zero-order valence-corrected chi connectivity index (χ0v) is 14.2. The van der Waals surface area contributed by atoms with E-state index in [1.54, 1.807) is 0 Å². The standard InChI is InChI=1S/C17H34N4/c1-4-18-17(20-16-8-6-14(3)7-9-16)19-12-15-10-11-21(5-2)13-15/h14-16H,4-13H2,1-3H3,(H2,18,19,20). The number of rotatable bonds is 5. The van der Waals surface area contributed by atoms with Crippen molar-refractivity contribution in [2.45, 2.75) is 58.9 Å². The molecule has 0 spiro atoms. The Kier molecular flexibility index (Phi) is 6.81. The van der Waals surface area contributed by atoms with E-state index in [-0.39, 0.29) is 0 Å². The summed E-state index contributed by atoms with van der Waals surface area (Å²) in [5.41, 5.74) is 0. The van der Waals surface area contributed by atoms with Crippen LogP contribution in [0, 0.1) is 11.8 Å². The fraction of sp³-hybridized carbons (Fsp3) is 0.941. The van der Waals surface area contributed by atoms with E-state index in [9.17, 15) is 0 Å². The number of likely N-dealkylation sites (tertiary alicyclic amines) is 1. The maximum Gasteiger partial charge on any atom is 0.191 e. The fourth-order valence-electron chi connectivity index (χ4n) is 3.49. The minimum absolute atomic E-state index is 0.620. The fourth-order valence-corrected chi connectivity index (χ4v) is 3.49. The lowest BCUT2D eigenvalue weighted by molar-refractivity contribution is 0.329. The number of hydrogen-bond acceptors (Lipinski definition) is 2. The molecule has 2 N–H and O–H groups in total. The number of nitrogens with zero attached hydrogens (tertiary/aromatic N) is 2. The quantitative estimate of drug-likeness (QED) is 0.604. The largest absolute Gasteiger partial charge is 0.357 e. The van der Waals surface area contributed by atoms with E-state index in [1.165, 1.54) is 51.7 Å². The minimum Gasteiger partial charge on any atom is -0.357 e. The van der Waals surface area contributed by atoms with Crippen LogP contribution in [0.3, 0.4) is 0 Å². The van der Waals surface area contributed by atoms with Crippen molar-refractivity contribution in [2.75, 3.05) is 32.7 Å². The second-order valence-corrected chi connectivity index (χ2v) is 6.87. The summed E-state index contributed by atoms with van der Waals surface area (Å²) in [7, 11) is 0. The van der Waals surface area contributed by atoms with Gasteiger partial charge in [0, 0.05) is 25.7 Å². The molecular formula is C17H34N4. The highest BCUT2D eigenvalue weighted by atomic mass is 15.2. The smallest absolute Gasteiger partial charge is 0.191 e. The van der Waals surface area contributed by atoms with Crippen molar-refractivity contribution < 1.29 is 0 Å². The Morgan fingerprint density at radius 3 is 2.52 bits per heavy atom. The van der Waals surface area contributed by atoms with Crippen molar-refractivity contribution in [3.05, 3.63) is 0 Å². The van der Waals surface area contributed by atoms with E-state index in [4.69, 9.17) is 4.99 Å². The number of nitrogens with one attached hydrogen (secondary N) is 2. The van der Waals surface area contributed by atoms with Crippen LogP contribution in [0.2, 0.25) is 0 Å². The molecule has 2 rings (SSSR count). The minimum atomic E-state index is 0.620. The van der Waals surface area contributed by atoms with Crippen molar-refractivity contribution in [1.82, 2.24) is 15.5 Å². The molecule has 0 radical (unpaired) electrons. The van der Waals surface area contributed by atoms with Gasteiger partial charge in [-0.05, 0) is 64.0 Å². The molecule has 0 aromatic heterocycles. The molecule has 0 amide bonds. The van der Waals surface area contributed by atoms with Gasteiger partial charge in [0.05, 0.1) is 0 Å². The Hall–Kier alpha value is -0.770. The summed E-state index contributed by atoms with van der Waals surface area (Å²) in [6.45, 7) is 12.3. The van der Waals surface area contributed by atoms with Crippen LogP contribution in [0.5, 0.6) is 0 Å². The lowest BCUT2D eigenvalue weighted by atomic mass is 9.87. The average Bonchev–Trinajstić information content (AvgIpc) is 2.95. The van der Waals surface area contributed by atoms with Crippen molar-refractivity contribution in [3.63, 3.8) is 0 Å². The summed E-state index contributed by atoms with van der Waals surface area (Å²) in [5, 5.41) is 7.07. The van der Waals surface area contributed by atoms with Gasteiger partial charge in [-0.15, -0.1) is 0 Å². The molecule has 4 nitrogen and oxygen atoms in total. The van der Waals surface area contributed by atoms with E-state index >= 15 is 0 Å². The van der Waals surface area contributed by atoms with Crippen molar-refractivity contribution in [3.8, 4) is 0 Å². The Bertz CT molecular complexity index is 321. The highest BCUT2D eigenvalue weighted by Gasteiger charge is 2.22. The number of aliphatic imine (C=N–C) groups is 1. The van der Waals surface area contributed by atoms with Gasteiger partial charge >= 0.3 is 0 Å². The third-order valence-electron chi connectivity index (χ3n) is 5.03. The van der Waals surface area contributed by atoms with Crippen LogP contribution >= 0.6 is 0 Å². The van der Waals surface area contributed by atoms with Gasteiger partial charge in [-0.1, -0.05) is 13.8 Å². The third kappa shape index (κ3) is 5.50. The molecule has 21 heavy (non-hydrogen) atoms. The van der Waals surface area contributed by atoms with Crippen molar-refractivity contribution in [2.24, 2.45) is 16.8 Å². The Morgan fingerprint density at radius 2 is 1.90 bits per heavy atom. The summed E-state index contributed by atoms with van der Waals surface area (Å²) in [6.07, 6.45) is 6.59. The van der Waals surface area contributed by atoms with Crippen LogP contribution in [-0.2, 0) is 0 Å². The molecule has 2 fully saturated rings. The van der Waals surface area contributed by atoms with Crippen molar-refractivity contribution >= 4 is 5.96 Å². The second kappa shape index (κ2) is 8.62. The first-order chi connectivity index (χ1) is 10.2. The van der Waals surface area contributed by atoms with E-state index in [0.717, 1.165) is 30.9 Å². The molecule has 0 bridgehead atoms. The predicted octanol–water partition coefficient (Wildman–Crippen LogP) is 2.46. The summed E-state index contributed by atoms with van der Waals surface area (Å²) in [6, 6.07) is 0.620. The molecule has 0 aromatic rings. The first-order valence-electron chi connectivity index (χ1n) is 8.98. The lowest BCUT2D eigenvalue weighted by Crippen LogP contribution is -2.45. The summed E-state index contributed by atoms with van der Waals surface area (Å²) in [4.78, 5) is 7.38. The molecule has 122 valence electrons. The van der Waals surface area contributed by atoms with Crippen LogP contribution < -0.4 is 10.6 Å². The van der Waals surface area contributed by atoms with Crippen molar-refractivity contribution in [1.29, 1.82) is 0 Å². The molecule has 4 heteroatoms. The molecule has 2 aliphatic rings. The van der Waals surface area contributed by atoms with Crippen LogP contribution in [0.1, 0.15) is 52.9 Å². The zero-order chi connectivity index (χ0) is 15.1. The first kappa shape index (κ1) is 16.6. The molecular weight excluding hydrogens is 260 g/mol. The van der Waals surface area contributed by atoms with E-state index < -0.39 is 0 Å². The molecule has 1 saturated carbocycles. The first-order valence-corrected chi connectivity index (χ1v) is 8.98. The van der Waals surface area contributed by atoms with E-state index in [1.807, 2.05) is 0 Å². The van der Waals surface area contributed by atoms with Gasteiger partial charge in [0.25, 0.3) is 0 Å². The summed E-state index contributed by atoms with van der Waals surface area (Å²) >= 11 is 0. The van der Waals surface area contributed by atoms with Gasteiger partial charge in [-0.3, -0.25) is 4.99 Å². The normalized spacial score (nSPS) is 31.4. The van der Waals surface area contributed by atoms with E-state index in [2.05, 4.69) is 36.3 Å². The van der Waals surface area contributed by atoms with Gasteiger partial charge in [0.15, 0.2) is 5.96 Å². The van der Waals surface area contributed by atoms with Crippen LogP contribution in [0.25, 0.3) is 0 Å². The topological polar surface area (TPSA) is 39.7 Å². The molecule has 1 aliphatic heterocycles. The molecule has 1 heterocycles. The predicted molar refractivity (Wildman–Crippen MR) is 90.8 cm³/mol. The average molecular weight is 294 g/mol. The molecule has 0 aromatic carbocycles. The van der Waals surface area contributed by atoms with Gasteiger partial charge in [-0.2, -0.15) is 0 Å². The highest BCUT2D eigenvalue weighted by Crippen LogP contribution is 2.23. The Balaban J connectivity index is 1.79. The Labute approximate surface area is 130 Å². The molecule has 1 unspecified atom stereocenters. The van der Waals surface area contributed by atoms with Crippen LogP contribution in [0.4, 0.5) is 0 Å². The van der Waals surface area contributed by atoms with Crippen LogP contribution in [-0.4, -0.2) is 49.6 Å². The maximum absolute atomic E-state index is 4.85. The number of hydrogen-bond donors (Lipinski definition) is 2. The lowest BCUT2D eigenvalue weighted by Gasteiger charge is -2.28. The molecule has 1 atom stereocenters. The SMILES string of the molecule is CCNC(=NCC1CCN(CC)C1)NC1CCC(C)CC1. The van der Waals surface area contributed by atoms with Gasteiger partial charge in [0.1, 0.15) is 0 Å². The highest BCUT2D eigenvalue weighted by molar-refractivity contribution is 5.80. The third-order valence-corrected chi connectivity index (χ3v) is 5.03. The Morgan fingerprint density at radius 1 is 1.14 bits per heavy atom. The maximum atomic E-state index is 4.85. The summed E-state index contributed by atoms with van der Waals surface area (Å²) in [5.74, 6) is 2.68. The van der Waals surface area contributed by atoms with Gasteiger partial charge in [0.2, 0.25) is 0 Å². The monoisotopic (exact) mass is 294 g/mol. The van der Waals surface area contributed by atoms with Gasteiger partial charge < -0.3 is 15.5 Å².